The van der Waals surface area contributed by atoms with E-state index >= 15 is 0 Å². The van der Waals surface area contributed by atoms with Crippen molar-refractivity contribution in [2.24, 2.45) is 0 Å². The molecule has 0 amide bonds. The Morgan fingerprint density at radius 2 is 1.41 bits per heavy atom. The summed E-state index contributed by atoms with van der Waals surface area (Å²) in [6, 6.07) is 0. The first kappa shape index (κ1) is 14.4. The maximum atomic E-state index is 10.6. The number of aliphatic carboxylic acids is 2. The third-order valence-electron chi connectivity index (χ3n) is 3.32. The van der Waals surface area contributed by atoms with Crippen LogP contribution in [0.3, 0.4) is 0 Å². The fourth-order valence-electron chi connectivity index (χ4n) is 2.40. The van der Waals surface area contributed by atoms with Crippen molar-refractivity contribution in [3.63, 3.8) is 0 Å². The normalized spacial score (nSPS) is 17.2. The van der Waals surface area contributed by atoms with E-state index < -0.39 is 19.9 Å². The van der Waals surface area contributed by atoms with Crippen LogP contribution in [0.5, 0.6) is 0 Å². The minimum atomic E-state index is -0.761. The van der Waals surface area contributed by atoms with Gasteiger partial charge in [-0.25, -0.2) is 0 Å². The first-order valence-electron chi connectivity index (χ1n) is 6.27. The van der Waals surface area contributed by atoms with Gasteiger partial charge in [-0.3, -0.25) is 9.59 Å². The van der Waals surface area contributed by atoms with Gasteiger partial charge in [0.25, 0.3) is 0 Å². The molecule has 0 saturated heterocycles. The Labute approximate surface area is 103 Å². The van der Waals surface area contributed by atoms with Crippen LogP contribution in [-0.4, -0.2) is 40.1 Å². The van der Waals surface area contributed by atoms with Gasteiger partial charge in [0.1, 0.15) is 0 Å². The maximum Gasteiger partial charge on any atom is 0.303 e. The maximum absolute atomic E-state index is 10.6. The summed E-state index contributed by atoms with van der Waals surface area (Å²) < 4.78 is 0. The molecular weight excluding hydrogens is 239 g/mol. The zero-order chi connectivity index (χ0) is 12.7. The monoisotopic (exact) mass is 260 g/mol. The van der Waals surface area contributed by atoms with Gasteiger partial charge < -0.3 is 10.2 Å². The van der Waals surface area contributed by atoms with Gasteiger partial charge in [-0.15, -0.1) is 7.92 Å². The molecule has 1 aliphatic carbocycles. The molecule has 1 rings (SSSR count). The Hall–Kier alpha value is -0.630. The van der Waals surface area contributed by atoms with Crippen molar-refractivity contribution in [1.29, 1.82) is 0 Å². The molecule has 0 heterocycles. The Balaban J connectivity index is 2.43. The van der Waals surface area contributed by atoms with Gasteiger partial charge in [0.2, 0.25) is 0 Å². The second-order valence-corrected chi connectivity index (χ2v) is 7.42. The van der Waals surface area contributed by atoms with Crippen molar-refractivity contribution in [1.82, 2.24) is 0 Å². The van der Waals surface area contributed by atoms with Crippen molar-refractivity contribution < 1.29 is 19.8 Å². The number of rotatable bonds is 7. The molecule has 0 aliphatic heterocycles. The van der Waals surface area contributed by atoms with Crippen LogP contribution in [-0.2, 0) is 9.59 Å². The largest absolute Gasteiger partial charge is 0.481 e. The Bertz CT molecular complexity index is 243. The smallest absolute Gasteiger partial charge is 0.303 e. The SMILES string of the molecule is O=C(O)CCP(CCC(=O)O)C1CCCCC1. The lowest BCUT2D eigenvalue weighted by Gasteiger charge is -2.30. The molecule has 0 bridgehead atoms. The number of hydrogen-bond acceptors (Lipinski definition) is 2. The van der Waals surface area contributed by atoms with Gasteiger partial charge in [-0.05, 0) is 30.8 Å². The molecule has 0 unspecified atom stereocenters. The van der Waals surface area contributed by atoms with E-state index in [2.05, 4.69) is 0 Å². The highest BCUT2D eigenvalue weighted by Gasteiger charge is 2.24. The standard InChI is InChI=1S/C12H21O4P/c13-11(14)6-8-17(9-7-12(15)16)10-4-2-1-3-5-10/h10H,1-9H2,(H,13,14)(H,15,16). The van der Waals surface area contributed by atoms with E-state index in [-0.39, 0.29) is 12.8 Å². The topological polar surface area (TPSA) is 74.6 Å². The highest BCUT2D eigenvalue weighted by molar-refractivity contribution is 7.58. The molecule has 4 nitrogen and oxygen atoms in total. The molecule has 98 valence electrons. The van der Waals surface area contributed by atoms with Crippen molar-refractivity contribution in [2.45, 2.75) is 50.6 Å². The molecule has 1 aliphatic rings. The van der Waals surface area contributed by atoms with E-state index in [4.69, 9.17) is 10.2 Å². The van der Waals surface area contributed by atoms with Crippen LogP contribution in [0.15, 0.2) is 0 Å². The molecule has 1 fully saturated rings. The summed E-state index contributed by atoms with van der Waals surface area (Å²) in [5.74, 6) is -1.52. The van der Waals surface area contributed by atoms with Gasteiger partial charge in [-0.2, -0.15) is 0 Å². The van der Waals surface area contributed by atoms with Crippen LogP contribution in [0.1, 0.15) is 44.9 Å². The lowest BCUT2D eigenvalue weighted by atomic mass is 10.0. The Morgan fingerprint density at radius 3 is 1.82 bits per heavy atom. The number of carboxylic acid groups (broad SMARTS) is 2. The minimum absolute atomic E-state index is 0.196. The minimum Gasteiger partial charge on any atom is -0.481 e. The molecule has 0 atom stereocenters. The molecule has 5 heteroatoms. The van der Waals surface area contributed by atoms with Crippen molar-refractivity contribution in [3.05, 3.63) is 0 Å². The van der Waals surface area contributed by atoms with E-state index in [1.54, 1.807) is 0 Å². The first-order valence-corrected chi connectivity index (χ1v) is 8.05. The zero-order valence-electron chi connectivity index (χ0n) is 10.1. The summed E-state index contributed by atoms with van der Waals surface area (Å²) in [6.45, 7) is 0. The second kappa shape index (κ2) is 7.65. The molecule has 0 radical (unpaired) electrons. The van der Waals surface area contributed by atoms with Crippen LogP contribution in [0, 0.1) is 0 Å². The summed E-state index contributed by atoms with van der Waals surface area (Å²) in [5, 5.41) is 17.5. The third kappa shape index (κ3) is 6.02. The van der Waals surface area contributed by atoms with Gasteiger partial charge in [-0.1, -0.05) is 19.3 Å². The van der Waals surface area contributed by atoms with E-state index in [1.807, 2.05) is 0 Å². The summed E-state index contributed by atoms with van der Waals surface area (Å²) in [5.41, 5.74) is 0.609. The second-order valence-electron chi connectivity index (χ2n) is 4.62. The third-order valence-corrected chi connectivity index (χ3v) is 6.46. The Kier molecular flexibility index (Phi) is 6.49. The molecule has 2 N–H and O–H groups in total. The number of carbonyl (C=O) groups is 2. The lowest BCUT2D eigenvalue weighted by Crippen LogP contribution is -2.16. The van der Waals surface area contributed by atoms with Crippen LogP contribution in [0.4, 0.5) is 0 Å². The van der Waals surface area contributed by atoms with Crippen LogP contribution in [0.25, 0.3) is 0 Å². The van der Waals surface area contributed by atoms with E-state index in [1.165, 1.54) is 32.1 Å². The summed E-state index contributed by atoms with van der Waals surface area (Å²) >= 11 is 0. The summed E-state index contributed by atoms with van der Waals surface area (Å²) in [4.78, 5) is 21.2. The highest BCUT2D eigenvalue weighted by atomic mass is 31.1. The van der Waals surface area contributed by atoms with Crippen LogP contribution < -0.4 is 0 Å². The molecular formula is C12H21O4P. The van der Waals surface area contributed by atoms with Crippen LogP contribution >= 0.6 is 7.92 Å². The molecule has 0 aromatic carbocycles. The van der Waals surface area contributed by atoms with Gasteiger partial charge in [0.15, 0.2) is 0 Å². The van der Waals surface area contributed by atoms with Crippen molar-refractivity contribution >= 4 is 19.9 Å². The Morgan fingerprint density at radius 1 is 0.941 bits per heavy atom. The van der Waals surface area contributed by atoms with E-state index in [9.17, 15) is 9.59 Å². The fourth-order valence-corrected chi connectivity index (χ4v) is 5.41. The summed E-state index contributed by atoms with van der Waals surface area (Å²) in [6.07, 6.45) is 7.86. The first-order chi connectivity index (χ1) is 8.09. The van der Waals surface area contributed by atoms with Crippen LogP contribution in [0.2, 0.25) is 0 Å². The predicted molar refractivity (Wildman–Crippen MR) is 68.0 cm³/mol. The predicted octanol–water partition coefficient (Wildman–Crippen LogP) is 2.75. The molecule has 0 aromatic rings. The molecule has 1 saturated carbocycles. The van der Waals surface area contributed by atoms with Crippen molar-refractivity contribution in [2.75, 3.05) is 12.3 Å². The van der Waals surface area contributed by atoms with Crippen molar-refractivity contribution in [3.8, 4) is 0 Å². The molecule has 0 aromatic heterocycles. The number of hydrogen-bond donors (Lipinski definition) is 2. The van der Waals surface area contributed by atoms with E-state index in [0.717, 1.165) is 0 Å². The molecule has 17 heavy (non-hydrogen) atoms. The highest BCUT2D eigenvalue weighted by Crippen LogP contribution is 2.48. The quantitative estimate of drug-likeness (QED) is 0.690. The zero-order valence-corrected chi connectivity index (χ0v) is 11.0. The van der Waals surface area contributed by atoms with Gasteiger partial charge >= 0.3 is 11.9 Å². The summed E-state index contributed by atoms with van der Waals surface area (Å²) in [7, 11) is -0.406. The average molecular weight is 260 g/mol. The number of carboxylic acids is 2. The molecule has 0 spiro atoms. The van der Waals surface area contributed by atoms with E-state index in [0.29, 0.717) is 18.0 Å². The average Bonchev–Trinajstić information content (AvgIpc) is 2.29. The lowest BCUT2D eigenvalue weighted by molar-refractivity contribution is -0.137. The van der Waals surface area contributed by atoms with Gasteiger partial charge in [0.05, 0.1) is 0 Å². The van der Waals surface area contributed by atoms with Gasteiger partial charge in [0, 0.05) is 12.8 Å². The fraction of sp³-hybridized carbons (Fsp3) is 0.833.